The summed E-state index contributed by atoms with van der Waals surface area (Å²) < 4.78 is 5.45. The van der Waals surface area contributed by atoms with Crippen molar-refractivity contribution >= 4 is 16.6 Å². The van der Waals surface area contributed by atoms with Crippen LogP contribution in [0.15, 0.2) is 23.3 Å². The van der Waals surface area contributed by atoms with Crippen molar-refractivity contribution in [3.63, 3.8) is 0 Å². The molecule has 4 rings (SSSR count). The van der Waals surface area contributed by atoms with Gasteiger partial charge in [0.15, 0.2) is 0 Å². The lowest BCUT2D eigenvalue weighted by molar-refractivity contribution is 0.109. The van der Waals surface area contributed by atoms with Gasteiger partial charge in [0.25, 0.3) is 5.56 Å². The first-order valence-corrected chi connectivity index (χ1v) is 7.29. The summed E-state index contributed by atoms with van der Waals surface area (Å²) in [5.74, 6) is 2.06. The van der Waals surface area contributed by atoms with Gasteiger partial charge in [-0.3, -0.25) is 4.79 Å². The minimum absolute atomic E-state index is 0.124. The molecule has 1 saturated heterocycles. The van der Waals surface area contributed by atoms with Gasteiger partial charge in [0, 0.05) is 12.1 Å². The molecule has 6 nitrogen and oxygen atoms in total. The van der Waals surface area contributed by atoms with Gasteiger partial charge in [-0.25, -0.2) is 4.98 Å². The highest BCUT2D eigenvalue weighted by molar-refractivity contribution is 5.85. The van der Waals surface area contributed by atoms with Gasteiger partial charge in [0.05, 0.1) is 30.0 Å². The molecule has 1 aromatic heterocycles. The maximum Gasteiger partial charge on any atom is 0.258 e. The van der Waals surface area contributed by atoms with E-state index in [9.17, 15) is 4.79 Å². The third-order valence-corrected chi connectivity index (χ3v) is 4.72. The van der Waals surface area contributed by atoms with E-state index in [2.05, 4.69) is 20.6 Å². The number of aromatic nitrogens is 2. The Morgan fingerprint density at radius 2 is 2.14 bits per heavy atom. The van der Waals surface area contributed by atoms with Gasteiger partial charge < -0.3 is 20.4 Å². The van der Waals surface area contributed by atoms with E-state index in [1.807, 2.05) is 12.1 Å². The number of hydrogen-bond acceptors (Lipinski definition) is 5. The number of fused-ring (bicyclic) bond motifs is 3. The standard InChI is InChI=1S/C15H18N4O2/c1-21-13-4-11-10(15(20)18-7-17-11)3-12(13)19-14-8-2-9(14)6-16-5-8/h3-4,7-9,14,16,19H,2,5-6H2,1H3,(H,17,18,20)/t8-,9+,14?. The first-order chi connectivity index (χ1) is 10.3. The summed E-state index contributed by atoms with van der Waals surface area (Å²) in [7, 11) is 1.64. The Bertz CT molecular complexity index is 728. The molecule has 3 N–H and O–H groups in total. The van der Waals surface area contributed by atoms with Crippen LogP contribution in [-0.4, -0.2) is 36.2 Å². The highest BCUT2D eigenvalue weighted by Crippen LogP contribution is 2.40. The Balaban J connectivity index is 1.73. The van der Waals surface area contributed by atoms with Crippen molar-refractivity contribution in [2.24, 2.45) is 11.8 Å². The molecule has 2 aromatic rings. The van der Waals surface area contributed by atoms with Crippen molar-refractivity contribution in [1.29, 1.82) is 0 Å². The van der Waals surface area contributed by atoms with E-state index >= 15 is 0 Å². The van der Waals surface area contributed by atoms with Crippen molar-refractivity contribution in [2.45, 2.75) is 12.5 Å². The predicted octanol–water partition coefficient (Wildman–Crippen LogP) is 0.951. The Hall–Kier alpha value is -2.08. The summed E-state index contributed by atoms with van der Waals surface area (Å²) >= 11 is 0. The van der Waals surface area contributed by atoms with Gasteiger partial charge in [-0.15, -0.1) is 0 Å². The molecule has 0 radical (unpaired) electrons. The maximum absolute atomic E-state index is 11.9. The molecule has 1 aliphatic carbocycles. The average molecular weight is 286 g/mol. The van der Waals surface area contributed by atoms with Gasteiger partial charge in [-0.05, 0) is 37.4 Å². The zero-order valence-corrected chi connectivity index (χ0v) is 11.8. The highest BCUT2D eigenvalue weighted by atomic mass is 16.5. The smallest absolute Gasteiger partial charge is 0.258 e. The van der Waals surface area contributed by atoms with E-state index < -0.39 is 0 Å². The molecule has 3 atom stereocenters. The van der Waals surface area contributed by atoms with Crippen LogP contribution in [0, 0.1) is 11.8 Å². The summed E-state index contributed by atoms with van der Waals surface area (Å²) in [6.07, 6.45) is 2.70. The first kappa shape index (κ1) is 12.6. The molecule has 2 heterocycles. The Morgan fingerprint density at radius 1 is 1.33 bits per heavy atom. The molecule has 1 aliphatic heterocycles. The molecule has 1 saturated carbocycles. The molecule has 2 aliphatic rings. The second-order valence-corrected chi connectivity index (χ2v) is 5.89. The topological polar surface area (TPSA) is 79.0 Å². The van der Waals surface area contributed by atoms with E-state index in [0.29, 0.717) is 28.8 Å². The predicted molar refractivity (Wildman–Crippen MR) is 80.8 cm³/mol. The maximum atomic E-state index is 11.9. The number of H-pyrrole nitrogens is 1. The Morgan fingerprint density at radius 3 is 2.86 bits per heavy atom. The summed E-state index contributed by atoms with van der Waals surface area (Å²) in [6, 6.07) is 4.13. The molecular formula is C15H18N4O2. The Labute approximate surface area is 121 Å². The number of methoxy groups -OCH3 is 1. The number of nitrogens with zero attached hydrogens (tertiary/aromatic N) is 1. The molecule has 6 heteroatoms. The van der Waals surface area contributed by atoms with E-state index in [1.54, 1.807) is 7.11 Å². The summed E-state index contributed by atoms with van der Waals surface area (Å²) in [6.45, 7) is 2.12. The van der Waals surface area contributed by atoms with E-state index in [1.165, 1.54) is 12.7 Å². The Kier molecular flexibility index (Phi) is 2.85. The molecule has 0 amide bonds. The van der Waals surface area contributed by atoms with Crippen molar-refractivity contribution < 1.29 is 4.74 Å². The molecule has 110 valence electrons. The first-order valence-electron chi connectivity index (χ1n) is 7.29. The fourth-order valence-electron chi connectivity index (χ4n) is 3.54. The number of anilines is 1. The van der Waals surface area contributed by atoms with Crippen LogP contribution < -0.4 is 20.9 Å². The van der Waals surface area contributed by atoms with Gasteiger partial charge in [-0.2, -0.15) is 0 Å². The lowest BCUT2D eigenvalue weighted by Crippen LogP contribution is -2.59. The number of hydrogen-bond donors (Lipinski definition) is 3. The van der Waals surface area contributed by atoms with E-state index in [0.717, 1.165) is 24.5 Å². The fourth-order valence-corrected chi connectivity index (χ4v) is 3.54. The molecule has 1 aromatic carbocycles. The summed E-state index contributed by atoms with van der Waals surface area (Å²) in [4.78, 5) is 18.7. The van der Waals surface area contributed by atoms with Crippen LogP contribution in [0.5, 0.6) is 5.75 Å². The lowest BCUT2D eigenvalue weighted by atomic mass is 9.67. The summed E-state index contributed by atoms with van der Waals surface area (Å²) in [5, 5.41) is 7.59. The molecule has 2 bridgehead atoms. The lowest BCUT2D eigenvalue weighted by Gasteiger charge is -2.50. The zero-order valence-electron chi connectivity index (χ0n) is 11.8. The number of rotatable bonds is 3. The number of piperidine rings is 2. The third kappa shape index (κ3) is 1.98. The van der Waals surface area contributed by atoms with Gasteiger partial charge in [0.2, 0.25) is 0 Å². The number of benzene rings is 1. The normalized spacial score (nSPS) is 27.2. The number of ether oxygens (including phenoxy) is 1. The SMILES string of the molecule is COc1cc2nc[nH]c(=O)c2cc1NC1[C@@H]2CNC[C@H]1C2. The largest absolute Gasteiger partial charge is 0.495 e. The van der Waals surface area contributed by atoms with Crippen molar-refractivity contribution in [3.05, 3.63) is 28.8 Å². The zero-order chi connectivity index (χ0) is 14.4. The number of aromatic amines is 1. The van der Waals surface area contributed by atoms with Gasteiger partial charge >= 0.3 is 0 Å². The van der Waals surface area contributed by atoms with Gasteiger partial charge in [0.1, 0.15) is 5.75 Å². The average Bonchev–Trinajstić information content (AvgIpc) is 2.53. The fraction of sp³-hybridized carbons (Fsp3) is 0.467. The van der Waals surface area contributed by atoms with Crippen molar-refractivity contribution in [1.82, 2.24) is 15.3 Å². The van der Waals surface area contributed by atoms with Crippen LogP contribution in [0.4, 0.5) is 5.69 Å². The minimum Gasteiger partial charge on any atom is -0.495 e. The van der Waals surface area contributed by atoms with Crippen LogP contribution in [-0.2, 0) is 0 Å². The molecule has 1 unspecified atom stereocenters. The quantitative estimate of drug-likeness (QED) is 0.783. The van der Waals surface area contributed by atoms with E-state index in [4.69, 9.17) is 4.74 Å². The highest BCUT2D eigenvalue weighted by Gasteiger charge is 2.43. The molecule has 2 fully saturated rings. The molecule has 21 heavy (non-hydrogen) atoms. The van der Waals surface area contributed by atoms with Crippen LogP contribution >= 0.6 is 0 Å². The van der Waals surface area contributed by atoms with Crippen molar-refractivity contribution in [3.8, 4) is 5.75 Å². The van der Waals surface area contributed by atoms with Crippen LogP contribution in [0.2, 0.25) is 0 Å². The molecule has 0 spiro atoms. The number of nitrogens with one attached hydrogen (secondary N) is 3. The van der Waals surface area contributed by atoms with Crippen LogP contribution in [0.25, 0.3) is 10.9 Å². The van der Waals surface area contributed by atoms with Crippen molar-refractivity contribution in [2.75, 3.05) is 25.5 Å². The second kappa shape index (κ2) is 4.73. The minimum atomic E-state index is -0.124. The van der Waals surface area contributed by atoms with E-state index in [-0.39, 0.29) is 5.56 Å². The van der Waals surface area contributed by atoms with Gasteiger partial charge in [-0.1, -0.05) is 0 Å². The van der Waals surface area contributed by atoms with Crippen LogP contribution in [0.1, 0.15) is 6.42 Å². The van der Waals surface area contributed by atoms with Crippen LogP contribution in [0.3, 0.4) is 0 Å². The summed E-state index contributed by atoms with van der Waals surface area (Å²) in [5.41, 5.74) is 1.41. The third-order valence-electron chi connectivity index (χ3n) is 4.72. The monoisotopic (exact) mass is 286 g/mol. The molecular weight excluding hydrogens is 268 g/mol. The second-order valence-electron chi connectivity index (χ2n) is 5.89.